The molecule has 15 heavy (non-hydrogen) atoms. The summed E-state index contributed by atoms with van der Waals surface area (Å²) in [5.41, 5.74) is 0.701. The van der Waals surface area contributed by atoms with Gasteiger partial charge in [0, 0.05) is 5.56 Å². The summed E-state index contributed by atoms with van der Waals surface area (Å²) in [5.74, 6) is 0.865. The topological polar surface area (TPSA) is 26.3 Å². The van der Waals surface area contributed by atoms with Gasteiger partial charge in [0.2, 0.25) is 0 Å². The van der Waals surface area contributed by atoms with E-state index in [1.54, 1.807) is 0 Å². The average Bonchev–Trinajstić information content (AvgIpc) is 2.29. The van der Waals surface area contributed by atoms with Gasteiger partial charge in [-0.3, -0.25) is 4.79 Å². The summed E-state index contributed by atoms with van der Waals surface area (Å²) in [6.07, 6.45) is 0.857. The van der Waals surface area contributed by atoms with Gasteiger partial charge >= 0.3 is 0 Å². The number of aldehydes is 1. The molecule has 0 aliphatic carbocycles. The van der Waals surface area contributed by atoms with Gasteiger partial charge in [0.15, 0.2) is 0 Å². The van der Waals surface area contributed by atoms with Crippen molar-refractivity contribution in [3.63, 3.8) is 0 Å². The quantitative estimate of drug-likeness (QED) is 0.712. The molecule has 2 heteroatoms. The van der Waals surface area contributed by atoms with Crippen molar-refractivity contribution in [2.24, 2.45) is 0 Å². The first-order valence-electron chi connectivity index (χ1n) is 4.95. The van der Waals surface area contributed by atoms with Crippen molar-refractivity contribution in [2.75, 3.05) is 6.61 Å². The molecule has 0 saturated carbocycles. The molecule has 0 atom stereocenters. The molecule has 0 aliphatic rings. The molecule has 0 fully saturated rings. The van der Waals surface area contributed by atoms with Crippen LogP contribution in [0.3, 0.4) is 0 Å². The Hall–Kier alpha value is -1.83. The van der Waals surface area contributed by atoms with Gasteiger partial charge in [-0.15, -0.1) is 0 Å². The molecule has 0 spiro atoms. The third kappa shape index (κ3) is 1.99. The van der Waals surface area contributed by atoms with E-state index in [1.807, 2.05) is 43.3 Å². The van der Waals surface area contributed by atoms with Gasteiger partial charge in [-0.2, -0.15) is 0 Å². The van der Waals surface area contributed by atoms with E-state index in [9.17, 15) is 4.79 Å². The number of rotatable bonds is 3. The minimum Gasteiger partial charge on any atom is -0.494 e. The number of carbonyl (C=O) groups is 1. The Labute approximate surface area is 88.5 Å². The van der Waals surface area contributed by atoms with Gasteiger partial charge in [0.05, 0.1) is 6.61 Å². The van der Waals surface area contributed by atoms with Crippen LogP contribution in [0, 0.1) is 0 Å². The van der Waals surface area contributed by atoms with Crippen molar-refractivity contribution in [3.8, 4) is 5.75 Å². The van der Waals surface area contributed by atoms with Crippen molar-refractivity contribution in [3.05, 3.63) is 42.0 Å². The van der Waals surface area contributed by atoms with Crippen molar-refractivity contribution >= 4 is 17.1 Å². The van der Waals surface area contributed by atoms with Crippen LogP contribution in [0.5, 0.6) is 5.75 Å². The van der Waals surface area contributed by atoms with Gasteiger partial charge in [-0.25, -0.2) is 0 Å². The van der Waals surface area contributed by atoms with Gasteiger partial charge < -0.3 is 4.74 Å². The molecule has 2 aromatic rings. The lowest BCUT2D eigenvalue weighted by molar-refractivity contribution is 0.112. The van der Waals surface area contributed by atoms with E-state index in [0.717, 1.165) is 22.8 Å². The Morgan fingerprint density at radius 1 is 1.13 bits per heavy atom. The first kappa shape index (κ1) is 9.71. The molecule has 2 aromatic carbocycles. The van der Waals surface area contributed by atoms with E-state index >= 15 is 0 Å². The molecule has 0 N–H and O–H groups in total. The van der Waals surface area contributed by atoms with E-state index in [0.29, 0.717) is 12.2 Å². The molecule has 0 radical (unpaired) electrons. The summed E-state index contributed by atoms with van der Waals surface area (Å²) in [7, 11) is 0. The van der Waals surface area contributed by atoms with Crippen LogP contribution in [-0.2, 0) is 0 Å². The minimum absolute atomic E-state index is 0.665. The maximum Gasteiger partial charge on any atom is 0.150 e. The number of fused-ring (bicyclic) bond motifs is 1. The smallest absolute Gasteiger partial charge is 0.150 e. The van der Waals surface area contributed by atoms with Gasteiger partial charge in [0.1, 0.15) is 12.0 Å². The first-order chi connectivity index (χ1) is 7.33. The van der Waals surface area contributed by atoms with Crippen LogP contribution in [0.2, 0.25) is 0 Å². The molecule has 2 rings (SSSR count). The SMILES string of the molecule is CCOc1ccc2cc(C=O)ccc2c1. The molecule has 0 amide bonds. The number of hydrogen-bond acceptors (Lipinski definition) is 2. The highest BCUT2D eigenvalue weighted by atomic mass is 16.5. The van der Waals surface area contributed by atoms with Crippen LogP contribution in [0.1, 0.15) is 17.3 Å². The van der Waals surface area contributed by atoms with E-state index in [1.165, 1.54) is 0 Å². The van der Waals surface area contributed by atoms with Gasteiger partial charge in [0.25, 0.3) is 0 Å². The van der Waals surface area contributed by atoms with E-state index < -0.39 is 0 Å². The number of carbonyl (C=O) groups excluding carboxylic acids is 1. The lowest BCUT2D eigenvalue weighted by Gasteiger charge is -2.04. The van der Waals surface area contributed by atoms with Crippen molar-refractivity contribution in [1.82, 2.24) is 0 Å². The second-order valence-corrected chi connectivity index (χ2v) is 3.32. The third-order valence-electron chi connectivity index (χ3n) is 2.28. The zero-order valence-electron chi connectivity index (χ0n) is 8.57. The Balaban J connectivity index is 2.49. The molecule has 0 saturated heterocycles. The molecular weight excluding hydrogens is 188 g/mol. The normalized spacial score (nSPS) is 10.2. The maximum absolute atomic E-state index is 10.6. The fourth-order valence-corrected chi connectivity index (χ4v) is 1.57. The largest absolute Gasteiger partial charge is 0.494 e. The van der Waals surface area contributed by atoms with Gasteiger partial charge in [-0.1, -0.05) is 18.2 Å². The maximum atomic E-state index is 10.6. The lowest BCUT2D eigenvalue weighted by Crippen LogP contribution is -1.90. The number of ether oxygens (including phenoxy) is 1. The zero-order chi connectivity index (χ0) is 10.7. The van der Waals surface area contributed by atoms with Crippen LogP contribution in [0.15, 0.2) is 36.4 Å². The summed E-state index contributed by atoms with van der Waals surface area (Å²) in [6.45, 7) is 2.62. The molecule has 0 bridgehead atoms. The summed E-state index contributed by atoms with van der Waals surface area (Å²) in [6, 6.07) is 11.5. The zero-order valence-corrected chi connectivity index (χ0v) is 8.57. The number of benzene rings is 2. The fourth-order valence-electron chi connectivity index (χ4n) is 1.57. The average molecular weight is 200 g/mol. The molecular formula is C13H12O2. The Kier molecular flexibility index (Phi) is 2.68. The molecule has 76 valence electrons. The van der Waals surface area contributed by atoms with Crippen molar-refractivity contribution in [2.45, 2.75) is 6.92 Å². The fraction of sp³-hybridized carbons (Fsp3) is 0.154. The summed E-state index contributed by atoms with van der Waals surface area (Å²) < 4.78 is 5.40. The molecule has 2 nitrogen and oxygen atoms in total. The van der Waals surface area contributed by atoms with Gasteiger partial charge in [-0.05, 0) is 35.9 Å². The lowest BCUT2D eigenvalue weighted by atomic mass is 10.1. The minimum atomic E-state index is 0.665. The van der Waals surface area contributed by atoms with Crippen LogP contribution in [0.4, 0.5) is 0 Å². The Morgan fingerprint density at radius 3 is 2.60 bits per heavy atom. The van der Waals surface area contributed by atoms with Crippen LogP contribution in [0.25, 0.3) is 10.8 Å². The molecule has 0 aromatic heterocycles. The van der Waals surface area contributed by atoms with Crippen molar-refractivity contribution in [1.29, 1.82) is 0 Å². The predicted octanol–water partition coefficient (Wildman–Crippen LogP) is 3.05. The second kappa shape index (κ2) is 4.13. The third-order valence-corrected chi connectivity index (χ3v) is 2.28. The monoisotopic (exact) mass is 200 g/mol. The first-order valence-corrected chi connectivity index (χ1v) is 4.95. The summed E-state index contributed by atoms with van der Waals surface area (Å²) >= 11 is 0. The van der Waals surface area contributed by atoms with Crippen LogP contribution in [-0.4, -0.2) is 12.9 Å². The highest BCUT2D eigenvalue weighted by Gasteiger charge is 1.98. The predicted molar refractivity (Wildman–Crippen MR) is 60.5 cm³/mol. The Morgan fingerprint density at radius 2 is 1.87 bits per heavy atom. The van der Waals surface area contributed by atoms with E-state index in [4.69, 9.17) is 4.74 Å². The van der Waals surface area contributed by atoms with Crippen molar-refractivity contribution < 1.29 is 9.53 Å². The molecule has 0 unspecified atom stereocenters. The highest BCUT2D eigenvalue weighted by Crippen LogP contribution is 2.21. The second-order valence-electron chi connectivity index (χ2n) is 3.32. The Bertz CT molecular complexity index is 489. The summed E-state index contributed by atoms with van der Waals surface area (Å²) in [5, 5.41) is 2.15. The number of hydrogen-bond donors (Lipinski definition) is 0. The molecule has 0 aliphatic heterocycles. The standard InChI is InChI=1S/C13H12O2/c1-2-15-13-6-5-11-7-10(9-14)3-4-12(11)8-13/h3-9H,2H2,1H3. The van der Waals surface area contributed by atoms with Crippen LogP contribution < -0.4 is 4.74 Å². The van der Waals surface area contributed by atoms with E-state index in [2.05, 4.69) is 0 Å². The molecule has 0 heterocycles. The van der Waals surface area contributed by atoms with Crippen LogP contribution >= 0.6 is 0 Å². The van der Waals surface area contributed by atoms with E-state index in [-0.39, 0.29) is 0 Å². The summed E-state index contributed by atoms with van der Waals surface area (Å²) in [4.78, 5) is 10.6. The highest BCUT2D eigenvalue weighted by molar-refractivity contribution is 5.89.